The van der Waals surface area contributed by atoms with Gasteiger partial charge in [0.15, 0.2) is 0 Å². The minimum atomic E-state index is -0.713. The zero-order valence-electron chi connectivity index (χ0n) is 12.7. The smallest absolute Gasteiger partial charge is 0.412 e. The number of ether oxygens (including phenoxy) is 1. The molecule has 0 saturated heterocycles. The van der Waals surface area contributed by atoms with E-state index in [0.29, 0.717) is 10.0 Å². The molecule has 0 bridgehead atoms. The predicted molar refractivity (Wildman–Crippen MR) is 84.7 cm³/mol. The Bertz CT molecular complexity index is 565. The topological polar surface area (TPSA) is 81.5 Å². The molecule has 0 aliphatic carbocycles. The Morgan fingerprint density at radius 1 is 1.38 bits per heavy atom. The molecule has 0 atom stereocenters. The SMILES string of the molecule is CC(C)c1cc(Br)cc([N+](=O)[O-])c1NC(=O)OC(C)(C)C. The summed E-state index contributed by atoms with van der Waals surface area (Å²) in [6.45, 7) is 8.97. The van der Waals surface area contributed by atoms with Crippen molar-refractivity contribution in [3.8, 4) is 0 Å². The second-order valence-corrected chi connectivity index (χ2v) is 6.84. The van der Waals surface area contributed by atoms with Crippen LogP contribution in [0.3, 0.4) is 0 Å². The molecule has 0 aromatic heterocycles. The number of carbonyl (C=O) groups is 1. The van der Waals surface area contributed by atoms with Gasteiger partial charge in [0.1, 0.15) is 11.3 Å². The van der Waals surface area contributed by atoms with E-state index in [-0.39, 0.29) is 17.3 Å². The van der Waals surface area contributed by atoms with Crippen LogP contribution < -0.4 is 5.32 Å². The molecular weight excluding hydrogens is 340 g/mol. The fraction of sp³-hybridized carbons (Fsp3) is 0.500. The standard InChI is InChI=1S/C14H19BrN2O4/c1-8(2)10-6-9(15)7-11(17(19)20)12(10)16-13(18)21-14(3,4)5/h6-8H,1-5H3,(H,16,18). The van der Waals surface area contributed by atoms with Crippen LogP contribution in [0.1, 0.15) is 46.1 Å². The van der Waals surface area contributed by atoms with Gasteiger partial charge in [0.05, 0.1) is 4.92 Å². The highest BCUT2D eigenvalue weighted by Gasteiger charge is 2.25. The maximum atomic E-state index is 11.9. The molecule has 0 saturated carbocycles. The lowest BCUT2D eigenvalue weighted by Gasteiger charge is -2.21. The van der Waals surface area contributed by atoms with Crippen LogP contribution >= 0.6 is 15.9 Å². The zero-order chi connectivity index (χ0) is 16.4. The second kappa shape index (κ2) is 6.43. The van der Waals surface area contributed by atoms with E-state index in [9.17, 15) is 14.9 Å². The van der Waals surface area contributed by atoms with E-state index in [0.717, 1.165) is 0 Å². The first-order valence-corrected chi connectivity index (χ1v) is 7.28. The van der Waals surface area contributed by atoms with Crippen LogP contribution in [0.25, 0.3) is 0 Å². The number of nitrogens with one attached hydrogen (secondary N) is 1. The van der Waals surface area contributed by atoms with Crippen molar-refractivity contribution in [2.75, 3.05) is 5.32 Å². The Morgan fingerprint density at radius 3 is 2.38 bits per heavy atom. The molecule has 0 heterocycles. The number of nitro groups is 1. The third-order valence-electron chi connectivity index (χ3n) is 2.56. The minimum absolute atomic E-state index is 0.00568. The molecule has 0 aliphatic rings. The largest absolute Gasteiger partial charge is 0.444 e. The van der Waals surface area contributed by atoms with Crippen LogP contribution in [0.2, 0.25) is 0 Å². The van der Waals surface area contributed by atoms with Gasteiger partial charge in [-0.25, -0.2) is 4.79 Å². The molecule has 0 unspecified atom stereocenters. The Kier molecular flexibility index (Phi) is 5.33. The van der Waals surface area contributed by atoms with E-state index < -0.39 is 16.6 Å². The van der Waals surface area contributed by atoms with E-state index in [4.69, 9.17) is 4.74 Å². The highest BCUT2D eigenvalue weighted by atomic mass is 79.9. The van der Waals surface area contributed by atoms with Crippen LogP contribution in [-0.4, -0.2) is 16.6 Å². The summed E-state index contributed by atoms with van der Waals surface area (Å²) in [6.07, 6.45) is -0.713. The molecule has 21 heavy (non-hydrogen) atoms. The van der Waals surface area contributed by atoms with Gasteiger partial charge in [-0.3, -0.25) is 15.4 Å². The van der Waals surface area contributed by atoms with Gasteiger partial charge in [0.2, 0.25) is 0 Å². The van der Waals surface area contributed by atoms with Gasteiger partial charge in [-0.05, 0) is 38.3 Å². The van der Waals surface area contributed by atoms with Gasteiger partial charge in [-0.1, -0.05) is 29.8 Å². The Balaban J connectivity index is 3.26. The minimum Gasteiger partial charge on any atom is -0.444 e. The van der Waals surface area contributed by atoms with Crippen molar-refractivity contribution in [1.82, 2.24) is 0 Å². The van der Waals surface area contributed by atoms with Gasteiger partial charge in [-0.15, -0.1) is 0 Å². The molecule has 1 aromatic carbocycles. The van der Waals surface area contributed by atoms with Gasteiger partial charge < -0.3 is 4.74 Å². The summed E-state index contributed by atoms with van der Waals surface area (Å²) in [5.41, 5.74) is -0.0000152. The quantitative estimate of drug-likeness (QED) is 0.619. The average molecular weight is 359 g/mol. The summed E-state index contributed by atoms with van der Waals surface area (Å²) >= 11 is 3.25. The van der Waals surface area contributed by atoms with Gasteiger partial charge in [-0.2, -0.15) is 0 Å². The fourth-order valence-electron chi connectivity index (χ4n) is 1.75. The number of amides is 1. The fourth-order valence-corrected chi connectivity index (χ4v) is 2.22. The van der Waals surface area contributed by atoms with Crippen molar-refractivity contribution in [2.45, 2.75) is 46.1 Å². The third-order valence-corrected chi connectivity index (χ3v) is 3.02. The zero-order valence-corrected chi connectivity index (χ0v) is 14.3. The number of nitro benzene ring substituents is 1. The number of anilines is 1. The summed E-state index contributed by atoms with van der Waals surface area (Å²) in [4.78, 5) is 22.6. The highest BCUT2D eigenvalue weighted by molar-refractivity contribution is 9.10. The molecule has 1 rings (SSSR count). The number of benzene rings is 1. The molecule has 7 heteroatoms. The van der Waals surface area contributed by atoms with E-state index >= 15 is 0 Å². The first-order chi connectivity index (χ1) is 9.51. The monoisotopic (exact) mass is 358 g/mol. The molecule has 0 spiro atoms. The van der Waals surface area contributed by atoms with Crippen molar-refractivity contribution < 1.29 is 14.5 Å². The molecular formula is C14H19BrN2O4. The van der Waals surface area contributed by atoms with Crippen LogP contribution in [0.4, 0.5) is 16.2 Å². The lowest BCUT2D eigenvalue weighted by molar-refractivity contribution is -0.384. The van der Waals surface area contributed by atoms with Gasteiger partial charge in [0.25, 0.3) is 5.69 Å². The summed E-state index contributed by atoms with van der Waals surface area (Å²) in [5.74, 6) is 0.00568. The van der Waals surface area contributed by atoms with Crippen molar-refractivity contribution in [3.63, 3.8) is 0 Å². The molecule has 1 N–H and O–H groups in total. The van der Waals surface area contributed by atoms with E-state index in [1.807, 2.05) is 13.8 Å². The van der Waals surface area contributed by atoms with Gasteiger partial charge in [0, 0.05) is 10.5 Å². The van der Waals surface area contributed by atoms with Crippen molar-refractivity contribution in [1.29, 1.82) is 0 Å². The van der Waals surface area contributed by atoms with Crippen molar-refractivity contribution in [3.05, 3.63) is 32.3 Å². The van der Waals surface area contributed by atoms with Crippen molar-refractivity contribution in [2.24, 2.45) is 0 Å². The maximum absolute atomic E-state index is 11.9. The number of hydrogen-bond donors (Lipinski definition) is 1. The summed E-state index contributed by atoms with van der Waals surface area (Å²) in [5, 5.41) is 13.7. The summed E-state index contributed by atoms with van der Waals surface area (Å²) < 4.78 is 5.75. The molecule has 1 aromatic rings. The first kappa shape index (κ1) is 17.4. The van der Waals surface area contributed by atoms with Crippen LogP contribution in [0.5, 0.6) is 0 Å². The molecule has 6 nitrogen and oxygen atoms in total. The summed E-state index contributed by atoms with van der Waals surface area (Å²) in [6, 6.07) is 3.11. The molecule has 0 fully saturated rings. The average Bonchev–Trinajstić information content (AvgIpc) is 2.27. The van der Waals surface area contributed by atoms with Crippen LogP contribution in [0, 0.1) is 10.1 Å². The number of halogens is 1. The first-order valence-electron chi connectivity index (χ1n) is 6.49. The lowest BCUT2D eigenvalue weighted by atomic mass is 10.00. The van der Waals surface area contributed by atoms with Crippen LogP contribution in [0.15, 0.2) is 16.6 Å². The second-order valence-electron chi connectivity index (χ2n) is 5.93. The molecule has 116 valence electrons. The molecule has 0 aliphatic heterocycles. The Morgan fingerprint density at radius 2 is 1.95 bits per heavy atom. The van der Waals surface area contributed by atoms with Crippen molar-refractivity contribution >= 4 is 33.4 Å². The maximum Gasteiger partial charge on any atom is 0.412 e. The number of nitrogens with zero attached hydrogens (tertiary/aromatic N) is 1. The van der Waals surface area contributed by atoms with E-state index in [1.54, 1.807) is 26.8 Å². The predicted octanol–water partition coefficient (Wildman–Crippen LogP) is 4.83. The van der Waals surface area contributed by atoms with E-state index in [1.165, 1.54) is 6.07 Å². The Labute approximate surface area is 132 Å². The van der Waals surface area contributed by atoms with Gasteiger partial charge >= 0.3 is 6.09 Å². The Hall–Kier alpha value is -1.63. The highest BCUT2D eigenvalue weighted by Crippen LogP contribution is 2.36. The normalized spacial score (nSPS) is 11.4. The van der Waals surface area contributed by atoms with E-state index in [2.05, 4.69) is 21.2 Å². The van der Waals surface area contributed by atoms with Crippen LogP contribution in [-0.2, 0) is 4.74 Å². The number of hydrogen-bond acceptors (Lipinski definition) is 4. The number of carbonyl (C=O) groups excluding carboxylic acids is 1. The molecule has 0 radical (unpaired) electrons. The molecule has 1 amide bonds. The third kappa shape index (κ3) is 5.00. The number of rotatable bonds is 3. The lowest BCUT2D eigenvalue weighted by Crippen LogP contribution is -2.27. The summed E-state index contributed by atoms with van der Waals surface area (Å²) in [7, 11) is 0.